The average Bonchev–Trinajstić information content (AvgIpc) is 3.05. The van der Waals surface area contributed by atoms with Crippen molar-refractivity contribution < 1.29 is 31.5 Å². The molecule has 11 nitrogen and oxygen atoms in total. The first-order chi connectivity index (χ1) is 16.7. The Hall–Kier alpha value is -2.20. The van der Waals surface area contributed by atoms with Crippen LogP contribution in [-0.4, -0.2) is 67.3 Å². The minimum atomic E-state index is -4.29. The van der Waals surface area contributed by atoms with E-state index < -0.39 is 43.6 Å². The minimum Gasteiger partial charge on any atom is -0.480 e. The second kappa shape index (κ2) is 11.0. The summed E-state index contributed by atoms with van der Waals surface area (Å²) in [4.78, 5) is 24.5. The van der Waals surface area contributed by atoms with E-state index in [1.807, 2.05) is 6.92 Å². The smallest absolute Gasteiger partial charge is 0.317 e. The number of fused-ring (bicyclic) bond motifs is 1. The van der Waals surface area contributed by atoms with E-state index in [9.17, 15) is 31.5 Å². The van der Waals surface area contributed by atoms with Gasteiger partial charge >= 0.3 is 5.97 Å². The normalized spacial score (nSPS) is 16.8. The summed E-state index contributed by atoms with van der Waals surface area (Å²) in [5.41, 5.74) is 3.26. The number of hydrazine groups is 1. The molecule has 0 bridgehead atoms. The summed E-state index contributed by atoms with van der Waals surface area (Å²) >= 11 is 7.08. The van der Waals surface area contributed by atoms with Crippen LogP contribution in [0.15, 0.2) is 52.3 Å². The molecule has 1 heterocycles. The number of carboxylic acid groups (broad SMARTS) is 1. The van der Waals surface area contributed by atoms with E-state index in [0.29, 0.717) is 11.3 Å². The molecule has 0 spiro atoms. The van der Waals surface area contributed by atoms with E-state index in [0.717, 1.165) is 28.3 Å². The Kier molecular flexibility index (Phi) is 8.70. The highest BCUT2D eigenvalue weighted by Crippen LogP contribution is 2.38. The molecule has 15 heteroatoms. The summed E-state index contributed by atoms with van der Waals surface area (Å²) in [5.74, 6) is -0.971. The molecule has 0 saturated heterocycles. The number of carbonyl (C=O) groups is 2. The third-order valence-corrected chi connectivity index (χ3v) is 9.79. The van der Waals surface area contributed by atoms with Crippen LogP contribution in [0.25, 0.3) is 0 Å². The molecule has 0 radical (unpaired) electrons. The number of primary sulfonamides is 1. The van der Waals surface area contributed by atoms with Gasteiger partial charge < -0.3 is 10.5 Å². The van der Waals surface area contributed by atoms with Crippen LogP contribution < -0.4 is 10.6 Å². The number of hydrogen-bond acceptors (Lipinski definition) is 9. The summed E-state index contributed by atoms with van der Waals surface area (Å²) in [6.45, 7) is 3.01. The number of aliphatic carboxylic acids is 1. The number of rotatable bonds is 10. The predicted octanol–water partition coefficient (Wildman–Crippen LogP) is 2.26. The van der Waals surface area contributed by atoms with E-state index in [4.69, 9.17) is 16.7 Å². The molecule has 2 aromatic carbocycles. The van der Waals surface area contributed by atoms with E-state index in [-0.39, 0.29) is 33.2 Å². The van der Waals surface area contributed by atoms with Crippen LogP contribution in [-0.2, 0) is 24.8 Å². The summed E-state index contributed by atoms with van der Waals surface area (Å²) in [7, 11) is -8.56. The van der Waals surface area contributed by atoms with Crippen molar-refractivity contribution in [2.75, 3.05) is 24.3 Å². The molecular weight excluding hydrogens is 552 g/mol. The number of hydrogen-bond donors (Lipinski definition) is 3. The largest absolute Gasteiger partial charge is 0.480 e. The van der Waals surface area contributed by atoms with Crippen molar-refractivity contribution in [2.45, 2.75) is 29.8 Å². The zero-order valence-electron chi connectivity index (χ0n) is 19.3. The maximum absolute atomic E-state index is 13.2. The lowest BCUT2D eigenvalue weighted by Crippen LogP contribution is -2.52. The van der Waals surface area contributed by atoms with Crippen molar-refractivity contribution in [3.63, 3.8) is 0 Å². The molecule has 0 aromatic heterocycles. The Labute approximate surface area is 218 Å². The first-order valence-corrected chi connectivity index (χ1v) is 14.9. The third kappa shape index (κ3) is 6.37. The molecule has 4 N–H and O–H groups in total. The van der Waals surface area contributed by atoms with Gasteiger partial charge in [-0.3, -0.25) is 14.5 Å². The first-order valence-electron chi connectivity index (χ1n) is 10.6. The number of nitrogens with one attached hydrogen (secondary N) is 1. The van der Waals surface area contributed by atoms with Crippen molar-refractivity contribution in [1.82, 2.24) is 9.31 Å². The Bertz CT molecular complexity index is 1370. The molecule has 2 atom stereocenters. The average molecular weight is 577 g/mol. The SMILES string of the molecule is CC(CSC(=O)c1ccccc1)CN(CC(=O)O)C(C)N1Nc2cc(Cl)c(S(N)(=O)=O)cc2S1(=O)=O. The number of anilines is 1. The monoisotopic (exact) mass is 576 g/mol. The zero-order valence-corrected chi connectivity index (χ0v) is 22.5. The molecule has 36 heavy (non-hydrogen) atoms. The van der Waals surface area contributed by atoms with Crippen LogP contribution in [0.2, 0.25) is 5.02 Å². The van der Waals surface area contributed by atoms with Gasteiger partial charge in [0, 0.05) is 17.9 Å². The summed E-state index contributed by atoms with van der Waals surface area (Å²) < 4.78 is 50.9. The van der Waals surface area contributed by atoms with Crippen LogP contribution >= 0.6 is 23.4 Å². The molecule has 196 valence electrons. The van der Waals surface area contributed by atoms with Crippen LogP contribution in [0.1, 0.15) is 24.2 Å². The molecule has 0 amide bonds. The minimum absolute atomic E-state index is 0.0339. The quantitative estimate of drug-likeness (QED) is 0.381. The fourth-order valence-electron chi connectivity index (χ4n) is 3.63. The van der Waals surface area contributed by atoms with E-state index in [1.165, 1.54) is 11.8 Å². The zero-order chi connectivity index (χ0) is 26.8. The van der Waals surface area contributed by atoms with Gasteiger partial charge in [0.25, 0.3) is 10.0 Å². The third-order valence-electron chi connectivity index (χ3n) is 5.37. The lowest BCUT2D eigenvalue weighted by Gasteiger charge is -2.34. The summed E-state index contributed by atoms with van der Waals surface area (Å²) in [6, 6.07) is 10.7. The number of nitrogens with two attached hydrogens (primary N) is 1. The number of carboxylic acids is 1. The topological polar surface area (TPSA) is 167 Å². The molecular formula is C21H25ClN4O7S3. The van der Waals surface area contributed by atoms with Crippen LogP contribution in [0.3, 0.4) is 0 Å². The number of sulfonamides is 2. The van der Waals surface area contributed by atoms with Gasteiger partial charge in [-0.25, -0.2) is 22.0 Å². The molecule has 0 aliphatic carbocycles. The standard InChI is InChI=1S/C21H25ClN4O7S3/c1-13(12-34-21(29)15-6-4-3-5-7-15)10-25(11-20(27)28)14(2)26-24-17-8-16(22)18(35(23,30)31)9-19(17)36(26,32)33/h3-9,13-14,24H,10-12H2,1-2H3,(H,27,28)(H2,23,30,31). The fourth-order valence-corrected chi connectivity index (χ4v) is 7.26. The Morgan fingerprint density at radius 2 is 1.86 bits per heavy atom. The van der Waals surface area contributed by atoms with Gasteiger partial charge in [0.1, 0.15) is 9.79 Å². The van der Waals surface area contributed by atoms with Gasteiger partial charge in [-0.1, -0.05) is 65.0 Å². The van der Waals surface area contributed by atoms with Gasteiger partial charge in [0.15, 0.2) is 0 Å². The van der Waals surface area contributed by atoms with Crippen LogP contribution in [0.4, 0.5) is 5.69 Å². The number of thioether (sulfide) groups is 1. The van der Waals surface area contributed by atoms with Crippen molar-refractivity contribution in [2.24, 2.45) is 11.1 Å². The van der Waals surface area contributed by atoms with E-state index in [1.54, 1.807) is 30.3 Å². The number of halogens is 1. The molecule has 0 saturated carbocycles. The fraction of sp³-hybridized carbons (Fsp3) is 0.333. The lowest BCUT2D eigenvalue weighted by atomic mass is 10.2. The number of carbonyl (C=O) groups excluding carboxylic acids is 1. The maximum atomic E-state index is 13.2. The van der Waals surface area contributed by atoms with E-state index in [2.05, 4.69) is 5.43 Å². The molecule has 1 aliphatic rings. The highest BCUT2D eigenvalue weighted by molar-refractivity contribution is 8.14. The van der Waals surface area contributed by atoms with E-state index >= 15 is 0 Å². The van der Waals surface area contributed by atoms with Crippen molar-refractivity contribution in [3.8, 4) is 0 Å². The molecule has 3 rings (SSSR count). The van der Waals surface area contributed by atoms with Crippen molar-refractivity contribution in [3.05, 3.63) is 53.1 Å². The molecule has 0 fully saturated rings. The summed E-state index contributed by atoms with van der Waals surface area (Å²) in [5, 5.41) is 14.2. The van der Waals surface area contributed by atoms with Crippen molar-refractivity contribution >= 4 is 60.2 Å². The molecule has 2 unspecified atom stereocenters. The van der Waals surface area contributed by atoms with Crippen LogP contribution in [0, 0.1) is 5.92 Å². The van der Waals surface area contributed by atoms with Gasteiger partial charge in [0.05, 0.1) is 23.4 Å². The Morgan fingerprint density at radius 1 is 1.22 bits per heavy atom. The van der Waals surface area contributed by atoms with Gasteiger partial charge in [-0.15, -0.1) is 0 Å². The second-order valence-electron chi connectivity index (χ2n) is 8.26. The number of nitrogens with zero attached hydrogens (tertiary/aromatic N) is 2. The maximum Gasteiger partial charge on any atom is 0.317 e. The highest BCUT2D eigenvalue weighted by Gasteiger charge is 2.41. The summed E-state index contributed by atoms with van der Waals surface area (Å²) in [6.07, 6.45) is -0.993. The van der Waals surface area contributed by atoms with Gasteiger partial charge in [0.2, 0.25) is 15.1 Å². The molecule has 2 aromatic rings. The Balaban J connectivity index is 1.78. The number of benzene rings is 2. The van der Waals surface area contributed by atoms with Crippen molar-refractivity contribution in [1.29, 1.82) is 0 Å². The Morgan fingerprint density at radius 3 is 2.44 bits per heavy atom. The predicted molar refractivity (Wildman–Crippen MR) is 137 cm³/mol. The van der Waals surface area contributed by atoms with Gasteiger partial charge in [-0.05, 0) is 25.0 Å². The van der Waals surface area contributed by atoms with Crippen LogP contribution in [0.5, 0.6) is 0 Å². The molecule has 1 aliphatic heterocycles. The lowest BCUT2D eigenvalue weighted by molar-refractivity contribution is -0.139. The second-order valence-corrected chi connectivity index (χ2v) is 13.0. The first kappa shape index (κ1) is 28.4. The highest BCUT2D eigenvalue weighted by atomic mass is 35.5. The van der Waals surface area contributed by atoms with Gasteiger partial charge in [-0.2, -0.15) is 0 Å².